The van der Waals surface area contributed by atoms with Crippen molar-refractivity contribution in [2.75, 3.05) is 18.0 Å². The molecule has 1 atom stereocenters. The molecule has 1 aliphatic heterocycles. The Kier molecular flexibility index (Phi) is 4.63. The molecule has 2 fully saturated rings. The zero-order chi connectivity index (χ0) is 17.3. The summed E-state index contributed by atoms with van der Waals surface area (Å²) in [4.78, 5) is 27.2. The lowest BCUT2D eigenvalue weighted by Gasteiger charge is -2.29. The highest BCUT2D eigenvalue weighted by Crippen LogP contribution is 2.31. The van der Waals surface area contributed by atoms with Gasteiger partial charge in [0, 0.05) is 18.8 Å². The van der Waals surface area contributed by atoms with Crippen LogP contribution in [0.4, 0.5) is 5.69 Å². The van der Waals surface area contributed by atoms with Crippen LogP contribution >= 0.6 is 0 Å². The van der Waals surface area contributed by atoms with E-state index in [9.17, 15) is 9.59 Å². The van der Waals surface area contributed by atoms with Crippen LogP contribution in [0.5, 0.6) is 0 Å². The van der Waals surface area contributed by atoms with Crippen molar-refractivity contribution in [3.8, 4) is 0 Å². The number of benzene rings is 1. The molecule has 0 radical (unpaired) electrons. The molecule has 5 heteroatoms. The maximum absolute atomic E-state index is 12.8. The van der Waals surface area contributed by atoms with Gasteiger partial charge in [-0.1, -0.05) is 18.9 Å². The van der Waals surface area contributed by atoms with Crippen LogP contribution in [0.3, 0.4) is 0 Å². The standard InChI is InChI=1S/C19H27N3O2/c1-13-9-14(2)11-15(10-13)22-8-5-16(18(22)24)17(23)21-19(12-20)6-3-4-7-19/h9-11,16H,3-8,12,20H2,1-2H3,(H,21,23). The van der Waals surface area contributed by atoms with Gasteiger partial charge < -0.3 is 16.0 Å². The van der Waals surface area contributed by atoms with Gasteiger partial charge in [0.2, 0.25) is 11.8 Å². The molecule has 1 saturated carbocycles. The van der Waals surface area contributed by atoms with Crippen LogP contribution in [0.15, 0.2) is 18.2 Å². The second-order valence-electron chi connectivity index (χ2n) is 7.36. The van der Waals surface area contributed by atoms with E-state index in [1.165, 1.54) is 0 Å². The number of nitrogens with two attached hydrogens (primary N) is 1. The quantitative estimate of drug-likeness (QED) is 0.830. The van der Waals surface area contributed by atoms with Crippen molar-refractivity contribution in [2.45, 2.75) is 51.5 Å². The largest absolute Gasteiger partial charge is 0.349 e. The molecule has 0 bridgehead atoms. The lowest BCUT2D eigenvalue weighted by atomic mass is 9.96. The average molecular weight is 329 g/mol. The van der Waals surface area contributed by atoms with Crippen molar-refractivity contribution in [1.82, 2.24) is 5.32 Å². The van der Waals surface area contributed by atoms with Gasteiger partial charge in [-0.15, -0.1) is 0 Å². The Balaban J connectivity index is 1.72. The zero-order valence-corrected chi connectivity index (χ0v) is 14.6. The summed E-state index contributed by atoms with van der Waals surface area (Å²) in [6.07, 6.45) is 4.57. The van der Waals surface area contributed by atoms with Crippen LogP contribution in [0, 0.1) is 19.8 Å². The maximum atomic E-state index is 12.8. The zero-order valence-electron chi connectivity index (χ0n) is 14.6. The SMILES string of the molecule is Cc1cc(C)cc(N2CCC(C(=O)NC3(CN)CCCC3)C2=O)c1. The van der Waals surface area contributed by atoms with E-state index in [1.807, 2.05) is 26.0 Å². The first-order valence-electron chi connectivity index (χ1n) is 8.86. The lowest BCUT2D eigenvalue weighted by Crippen LogP contribution is -2.54. The van der Waals surface area contributed by atoms with Gasteiger partial charge in [0.15, 0.2) is 0 Å². The summed E-state index contributed by atoms with van der Waals surface area (Å²) >= 11 is 0. The lowest BCUT2D eigenvalue weighted by molar-refractivity contribution is -0.133. The van der Waals surface area contributed by atoms with Crippen LogP contribution in [-0.4, -0.2) is 30.4 Å². The molecule has 2 aliphatic rings. The molecule has 1 unspecified atom stereocenters. The highest BCUT2D eigenvalue weighted by atomic mass is 16.2. The fraction of sp³-hybridized carbons (Fsp3) is 0.579. The van der Waals surface area contributed by atoms with Crippen molar-refractivity contribution in [1.29, 1.82) is 0 Å². The van der Waals surface area contributed by atoms with Gasteiger partial charge >= 0.3 is 0 Å². The Morgan fingerprint density at radius 1 is 1.25 bits per heavy atom. The predicted octanol–water partition coefficient (Wildman–Crippen LogP) is 2.04. The van der Waals surface area contributed by atoms with Gasteiger partial charge in [-0.2, -0.15) is 0 Å². The summed E-state index contributed by atoms with van der Waals surface area (Å²) in [7, 11) is 0. The molecule has 1 heterocycles. The predicted molar refractivity (Wildman–Crippen MR) is 94.8 cm³/mol. The van der Waals surface area contributed by atoms with E-state index in [0.29, 0.717) is 19.5 Å². The summed E-state index contributed by atoms with van der Waals surface area (Å²) in [5.41, 5.74) is 8.73. The number of aryl methyl sites for hydroxylation is 2. The number of carbonyl (C=O) groups is 2. The Bertz CT molecular complexity index is 630. The minimum absolute atomic E-state index is 0.0948. The van der Waals surface area contributed by atoms with E-state index < -0.39 is 5.92 Å². The monoisotopic (exact) mass is 329 g/mol. The van der Waals surface area contributed by atoms with Crippen molar-refractivity contribution in [2.24, 2.45) is 11.7 Å². The number of hydrogen-bond acceptors (Lipinski definition) is 3. The second-order valence-corrected chi connectivity index (χ2v) is 7.36. The van der Waals surface area contributed by atoms with Gasteiger partial charge in [0.05, 0.1) is 5.54 Å². The Hall–Kier alpha value is -1.88. The third-order valence-corrected chi connectivity index (χ3v) is 5.38. The van der Waals surface area contributed by atoms with Gasteiger partial charge in [0.1, 0.15) is 5.92 Å². The molecular weight excluding hydrogens is 302 g/mol. The molecule has 2 amide bonds. The first-order chi connectivity index (χ1) is 11.4. The fourth-order valence-electron chi connectivity index (χ4n) is 4.07. The molecule has 1 aromatic rings. The minimum atomic E-state index is -0.588. The van der Waals surface area contributed by atoms with E-state index in [0.717, 1.165) is 42.5 Å². The van der Waals surface area contributed by atoms with E-state index in [4.69, 9.17) is 5.73 Å². The van der Waals surface area contributed by atoms with E-state index in [1.54, 1.807) is 4.90 Å². The molecule has 1 aliphatic carbocycles. The molecule has 24 heavy (non-hydrogen) atoms. The first-order valence-corrected chi connectivity index (χ1v) is 8.86. The van der Waals surface area contributed by atoms with E-state index in [2.05, 4.69) is 11.4 Å². The average Bonchev–Trinajstić information content (AvgIpc) is 3.13. The summed E-state index contributed by atoms with van der Waals surface area (Å²) < 4.78 is 0. The van der Waals surface area contributed by atoms with Crippen molar-refractivity contribution >= 4 is 17.5 Å². The third-order valence-electron chi connectivity index (χ3n) is 5.38. The molecular formula is C19H27N3O2. The summed E-state index contributed by atoms with van der Waals surface area (Å²) in [6.45, 7) is 5.08. The van der Waals surface area contributed by atoms with Gasteiger partial charge in [-0.25, -0.2) is 0 Å². The van der Waals surface area contributed by atoms with Crippen LogP contribution in [0.2, 0.25) is 0 Å². The van der Waals surface area contributed by atoms with Gasteiger partial charge in [0.25, 0.3) is 0 Å². The van der Waals surface area contributed by atoms with Crippen LogP contribution in [-0.2, 0) is 9.59 Å². The molecule has 3 rings (SSSR count). The van der Waals surface area contributed by atoms with Crippen LogP contribution in [0.25, 0.3) is 0 Å². The van der Waals surface area contributed by atoms with Gasteiger partial charge in [-0.05, 0) is 56.4 Å². The highest BCUT2D eigenvalue weighted by molar-refractivity contribution is 6.09. The topological polar surface area (TPSA) is 75.4 Å². The van der Waals surface area contributed by atoms with Crippen molar-refractivity contribution in [3.05, 3.63) is 29.3 Å². The smallest absolute Gasteiger partial charge is 0.239 e. The van der Waals surface area contributed by atoms with E-state index >= 15 is 0 Å². The van der Waals surface area contributed by atoms with Crippen LogP contribution < -0.4 is 16.0 Å². The molecule has 130 valence electrons. The van der Waals surface area contributed by atoms with E-state index in [-0.39, 0.29) is 17.4 Å². The van der Waals surface area contributed by atoms with Crippen molar-refractivity contribution < 1.29 is 9.59 Å². The summed E-state index contributed by atoms with van der Waals surface area (Å²) in [5, 5.41) is 3.10. The molecule has 3 N–H and O–H groups in total. The summed E-state index contributed by atoms with van der Waals surface area (Å²) in [5.74, 6) is -0.836. The number of anilines is 1. The third kappa shape index (κ3) is 3.18. The Morgan fingerprint density at radius 2 is 1.88 bits per heavy atom. The van der Waals surface area contributed by atoms with Crippen LogP contribution in [0.1, 0.15) is 43.2 Å². The molecule has 1 aromatic carbocycles. The molecule has 1 saturated heterocycles. The Morgan fingerprint density at radius 3 is 2.46 bits per heavy atom. The normalized spacial score (nSPS) is 22.9. The first kappa shape index (κ1) is 17.0. The number of nitrogens with zero attached hydrogens (tertiary/aromatic N) is 1. The number of nitrogens with one attached hydrogen (secondary N) is 1. The number of carbonyl (C=O) groups excluding carboxylic acids is 2. The van der Waals surface area contributed by atoms with Gasteiger partial charge in [-0.3, -0.25) is 9.59 Å². The molecule has 0 spiro atoms. The molecule has 0 aromatic heterocycles. The Labute approximate surface area is 143 Å². The number of rotatable bonds is 4. The summed E-state index contributed by atoms with van der Waals surface area (Å²) in [6, 6.07) is 6.09. The van der Waals surface area contributed by atoms with Crippen molar-refractivity contribution in [3.63, 3.8) is 0 Å². The molecule has 5 nitrogen and oxygen atoms in total. The second kappa shape index (κ2) is 6.55. The number of amides is 2. The number of hydrogen-bond donors (Lipinski definition) is 2. The minimum Gasteiger partial charge on any atom is -0.349 e. The fourth-order valence-corrected chi connectivity index (χ4v) is 4.07. The highest BCUT2D eigenvalue weighted by Gasteiger charge is 2.41. The maximum Gasteiger partial charge on any atom is 0.239 e.